The maximum atomic E-state index is 11.3. The molecule has 2 nitrogen and oxygen atoms in total. The van der Waals surface area contributed by atoms with Crippen molar-refractivity contribution in [1.82, 2.24) is 0 Å². The molecule has 2 heteroatoms. The third kappa shape index (κ3) is 1.65. The van der Waals surface area contributed by atoms with E-state index in [1.54, 1.807) is 6.92 Å². The zero-order chi connectivity index (χ0) is 11.0. The molecule has 0 saturated heterocycles. The highest BCUT2D eigenvalue weighted by atomic mass is 16.1. The molecule has 80 valence electrons. The molecule has 0 saturated carbocycles. The summed E-state index contributed by atoms with van der Waals surface area (Å²) < 4.78 is 0. The first-order valence-electron chi connectivity index (χ1n) is 5.54. The average molecular weight is 203 g/mol. The van der Waals surface area contributed by atoms with E-state index in [-0.39, 0.29) is 5.78 Å². The summed E-state index contributed by atoms with van der Waals surface area (Å²) in [6, 6.07) is 6.63. The van der Waals surface area contributed by atoms with Crippen molar-refractivity contribution in [2.75, 3.05) is 11.4 Å². The normalized spacial score (nSPS) is 19.1. The van der Waals surface area contributed by atoms with Crippen LogP contribution in [0.3, 0.4) is 0 Å². The van der Waals surface area contributed by atoms with Gasteiger partial charge in [0, 0.05) is 23.8 Å². The van der Waals surface area contributed by atoms with Gasteiger partial charge in [-0.25, -0.2) is 0 Å². The number of anilines is 1. The van der Waals surface area contributed by atoms with Crippen molar-refractivity contribution < 1.29 is 4.79 Å². The van der Waals surface area contributed by atoms with Crippen molar-refractivity contribution in [2.24, 2.45) is 0 Å². The number of fused-ring (bicyclic) bond motifs is 1. The van der Waals surface area contributed by atoms with Gasteiger partial charge in [-0.1, -0.05) is 12.1 Å². The predicted molar refractivity (Wildman–Crippen MR) is 62.6 cm³/mol. The molecule has 1 aromatic rings. The molecule has 0 bridgehead atoms. The van der Waals surface area contributed by atoms with Gasteiger partial charge in [-0.2, -0.15) is 0 Å². The minimum absolute atomic E-state index is 0.147. The number of Topliss-reactive ketones (excluding diaryl/α,β-unsaturated/α-hetero) is 1. The lowest BCUT2D eigenvalue weighted by molar-refractivity contribution is 0.101. The molecule has 0 aromatic heterocycles. The highest BCUT2D eigenvalue weighted by Crippen LogP contribution is 2.32. The SMILES string of the molecule is CCN1c2cc(C(C)=O)ccc2CC1C. The van der Waals surface area contributed by atoms with Crippen LogP contribution < -0.4 is 4.90 Å². The summed E-state index contributed by atoms with van der Waals surface area (Å²) in [4.78, 5) is 13.7. The number of benzene rings is 1. The van der Waals surface area contributed by atoms with Crippen LogP contribution in [-0.4, -0.2) is 18.4 Å². The predicted octanol–water partition coefficient (Wildman–Crippen LogP) is 2.66. The van der Waals surface area contributed by atoms with Crippen LogP contribution in [-0.2, 0) is 6.42 Å². The number of likely N-dealkylation sites (N-methyl/N-ethyl adjacent to an activating group) is 1. The second kappa shape index (κ2) is 3.69. The minimum Gasteiger partial charge on any atom is -0.369 e. The molecule has 1 atom stereocenters. The van der Waals surface area contributed by atoms with Crippen LogP contribution in [0.2, 0.25) is 0 Å². The van der Waals surface area contributed by atoms with E-state index >= 15 is 0 Å². The molecule has 0 aliphatic carbocycles. The van der Waals surface area contributed by atoms with E-state index in [2.05, 4.69) is 24.8 Å². The van der Waals surface area contributed by atoms with Crippen molar-refractivity contribution >= 4 is 11.5 Å². The first kappa shape index (κ1) is 10.2. The van der Waals surface area contributed by atoms with Crippen molar-refractivity contribution in [3.8, 4) is 0 Å². The Labute approximate surface area is 90.9 Å². The Hall–Kier alpha value is -1.31. The van der Waals surface area contributed by atoms with Gasteiger partial charge in [-0.05, 0) is 38.8 Å². The summed E-state index contributed by atoms with van der Waals surface area (Å²) in [6.45, 7) is 7.02. The molecule has 0 spiro atoms. The molecule has 1 heterocycles. The van der Waals surface area contributed by atoms with Gasteiger partial charge in [0.1, 0.15) is 0 Å². The highest BCUT2D eigenvalue weighted by Gasteiger charge is 2.24. The van der Waals surface area contributed by atoms with Crippen LogP contribution in [0, 0.1) is 0 Å². The van der Waals surface area contributed by atoms with Gasteiger partial charge in [0.2, 0.25) is 0 Å². The Morgan fingerprint density at radius 2 is 2.27 bits per heavy atom. The van der Waals surface area contributed by atoms with E-state index in [1.807, 2.05) is 12.1 Å². The molecule has 1 aromatic carbocycles. The Kier molecular flexibility index (Phi) is 2.51. The van der Waals surface area contributed by atoms with Crippen LogP contribution >= 0.6 is 0 Å². The van der Waals surface area contributed by atoms with E-state index in [0.29, 0.717) is 6.04 Å². The third-order valence-electron chi connectivity index (χ3n) is 3.19. The molecule has 1 aliphatic heterocycles. The van der Waals surface area contributed by atoms with Crippen molar-refractivity contribution in [3.63, 3.8) is 0 Å². The Balaban J connectivity index is 2.44. The zero-order valence-electron chi connectivity index (χ0n) is 9.58. The minimum atomic E-state index is 0.147. The topological polar surface area (TPSA) is 20.3 Å². The number of carbonyl (C=O) groups excluding carboxylic acids is 1. The van der Waals surface area contributed by atoms with Gasteiger partial charge in [0.15, 0.2) is 5.78 Å². The van der Waals surface area contributed by atoms with Crippen LogP contribution in [0.15, 0.2) is 18.2 Å². The first-order chi connectivity index (χ1) is 7.13. The molecule has 2 rings (SSSR count). The Morgan fingerprint density at radius 3 is 2.87 bits per heavy atom. The van der Waals surface area contributed by atoms with Crippen molar-refractivity contribution in [2.45, 2.75) is 33.2 Å². The van der Waals surface area contributed by atoms with Crippen molar-refractivity contribution in [1.29, 1.82) is 0 Å². The van der Waals surface area contributed by atoms with E-state index in [4.69, 9.17) is 0 Å². The Morgan fingerprint density at radius 1 is 1.53 bits per heavy atom. The van der Waals surface area contributed by atoms with Gasteiger partial charge < -0.3 is 4.90 Å². The number of rotatable bonds is 2. The molecular weight excluding hydrogens is 186 g/mol. The van der Waals surface area contributed by atoms with Crippen LogP contribution in [0.25, 0.3) is 0 Å². The second-order valence-electron chi connectivity index (χ2n) is 4.24. The molecule has 0 fully saturated rings. The quantitative estimate of drug-likeness (QED) is 0.689. The molecule has 1 aliphatic rings. The highest BCUT2D eigenvalue weighted by molar-refractivity contribution is 5.95. The number of carbonyl (C=O) groups is 1. The van der Waals surface area contributed by atoms with Crippen molar-refractivity contribution in [3.05, 3.63) is 29.3 Å². The zero-order valence-corrected chi connectivity index (χ0v) is 9.58. The largest absolute Gasteiger partial charge is 0.369 e. The molecular formula is C13H17NO. The molecule has 0 N–H and O–H groups in total. The molecule has 0 amide bonds. The van der Waals surface area contributed by atoms with E-state index in [1.165, 1.54) is 11.3 Å². The smallest absolute Gasteiger partial charge is 0.159 e. The number of hydrogen-bond donors (Lipinski definition) is 0. The van der Waals surface area contributed by atoms with Gasteiger partial charge >= 0.3 is 0 Å². The molecule has 15 heavy (non-hydrogen) atoms. The summed E-state index contributed by atoms with van der Waals surface area (Å²) in [6.07, 6.45) is 1.10. The van der Waals surface area contributed by atoms with E-state index in [9.17, 15) is 4.79 Å². The van der Waals surface area contributed by atoms with Crippen LogP contribution in [0.5, 0.6) is 0 Å². The van der Waals surface area contributed by atoms with Gasteiger partial charge in [-0.15, -0.1) is 0 Å². The lowest BCUT2D eigenvalue weighted by Crippen LogP contribution is -2.28. The van der Waals surface area contributed by atoms with Crippen LogP contribution in [0.1, 0.15) is 36.7 Å². The number of ketones is 1. The number of hydrogen-bond acceptors (Lipinski definition) is 2. The lowest BCUT2D eigenvalue weighted by Gasteiger charge is -2.22. The van der Waals surface area contributed by atoms with Gasteiger partial charge in [0.25, 0.3) is 0 Å². The standard InChI is InChI=1S/C13H17NO/c1-4-14-9(2)7-12-6-5-11(10(3)15)8-13(12)14/h5-6,8-9H,4,7H2,1-3H3. The summed E-state index contributed by atoms with van der Waals surface area (Å²) in [5, 5.41) is 0. The fourth-order valence-electron chi connectivity index (χ4n) is 2.37. The second-order valence-corrected chi connectivity index (χ2v) is 4.24. The molecule has 0 radical (unpaired) electrons. The average Bonchev–Trinajstić information content (AvgIpc) is 2.51. The third-order valence-corrected chi connectivity index (χ3v) is 3.19. The summed E-state index contributed by atoms with van der Waals surface area (Å²) >= 11 is 0. The Bertz CT molecular complexity index is 398. The fraction of sp³-hybridized carbons (Fsp3) is 0.462. The van der Waals surface area contributed by atoms with E-state index < -0.39 is 0 Å². The number of nitrogens with zero attached hydrogens (tertiary/aromatic N) is 1. The van der Waals surface area contributed by atoms with Crippen LogP contribution in [0.4, 0.5) is 5.69 Å². The summed E-state index contributed by atoms with van der Waals surface area (Å²) in [5.41, 5.74) is 3.44. The monoisotopic (exact) mass is 203 g/mol. The van der Waals surface area contributed by atoms with Gasteiger partial charge in [0.05, 0.1) is 0 Å². The summed E-state index contributed by atoms with van der Waals surface area (Å²) in [7, 11) is 0. The molecule has 1 unspecified atom stereocenters. The lowest BCUT2D eigenvalue weighted by atomic mass is 10.1. The van der Waals surface area contributed by atoms with Gasteiger partial charge in [-0.3, -0.25) is 4.79 Å². The van der Waals surface area contributed by atoms with E-state index in [0.717, 1.165) is 18.5 Å². The first-order valence-corrected chi connectivity index (χ1v) is 5.54. The summed E-state index contributed by atoms with van der Waals surface area (Å²) in [5.74, 6) is 0.147. The maximum Gasteiger partial charge on any atom is 0.159 e. The fourth-order valence-corrected chi connectivity index (χ4v) is 2.37. The maximum absolute atomic E-state index is 11.3.